The van der Waals surface area contributed by atoms with E-state index in [-0.39, 0.29) is 11.6 Å². The lowest BCUT2D eigenvalue weighted by atomic mass is 9.90. The largest absolute Gasteiger partial charge is 0.325 e. The molecule has 0 spiro atoms. The molecule has 0 aromatic heterocycles. The zero-order chi connectivity index (χ0) is 24.8. The Balaban J connectivity index is 1.70. The molecule has 1 amide bonds. The topological polar surface area (TPSA) is 87.8 Å². The number of hydrogen-bond acceptors (Lipinski definition) is 5. The second kappa shape index (κ2) is 11.1. The van der Waals surface area contributed by atoms with Crippen LogP contribution in [0.1, 0.15) is 49.3 Å². The quantitative estimate of drug-likeness (QED) is 0.221. The average molecular weight is 471 g/mol. The number of carbonyl (C=O) groups is 1. The normalized spacial score (nSPS) is 15.2. The Morgan fingerprint density at radius 3 is 2.31 bits per heavy atom. The highest BCUT2D eigenvalue weighted by molar-refractivity contribution is 6.24. The van der Waals surface area contributed by atoms with E-state index < -0.39 is 10.8 Å². The lowest BCUT2D eigenvalue weighted by Crippen LogP contribution is -2.24. The van der Waals surface area contributed by atoms with Gasteiger partial charge in [-0.05, 0) is 55.3 Å². The Kier molecular flexibility index (Phi) is 7.67. The summed E-state index contributed by atoms with van der Waals surface area (Å²) in [5.41, 5.74) is 4.41. The molecule has 4 rings (SSSR count). The van der Waals surface area contributed by atoms with Crippen LogP contribution in [0, 0.1) is 10.1 Å². The molecule has 1 N–H and O–H groups in total. The zero-order valence-electron chi connectivity index (χ0n) is 20.1. The number of benzene rings is 3. The predicted molar refractivity (Wildman–Crippen MR) is 139 cm³/mol. The number of amides is 1. The van der Waals surface area contributed by atoms with Gasteiger partial charge >= 0.3 is 0 Å². The molecule has 7 heteroatoms. The van der Waals surface area contributed by atoms with Gasteiger partial charge in [0.05, 0.1) is 16.3 Å². The first kappa shape index (κ1) is 24.3. The van der Waals surface area contributed by atoms with Gasteiger partial charge in [-0.1, -0.05) is 56.3 Å². The number of nitro benzene ring substituents is 1. The van der Waals surface area contributed by atoms with Crippen LogP contribution in [0.2, 0.25) is 0 Å². The van der Waals surface area contributed by atoms with Crippen molar-refractivity contribution in [1.29, 1.82) is 0 Å². The minimum atomic E-state index is -0.739. The molecule has 0 fully saturated rings. The number of carbonyl (C=O) groups excluding carboxylic acids is 1. The third-order valence-corrected chi connectivity index (χ3v) is 6.09. The maximum Gasteiger partial charge on any atom is 0.269 e. The van der Waals surface area contributed by atoms with Crippen LogP contribution in [0.25, 0.3) is 0 Å². The van der Waals surface area contributed by atoms with Crippen molar-refractivity contribution in [1.82, 2.24) is 4.90 Å². The highest BCUT2D eigenvalue weighted by atomic mass is 16.6. The number of nitrogens with one attached hydrogen (secondary N) is 1. The number of anilines is 1. The van der Waals surface area contributed by atoms with Gasteiger partial charge in [-0.3, -0.25) is 24.8 Å². The number of nitro groups is 1. The maximum atomic E-state index is 13.0. The minimum absolute atomic E-state index is 0.0503. The fourth-order valence-electron chi connectivity index (χ4n) is 4.51. The first-order valence-electron chi connectivity index (χ1n) is 12.0. The highest BCUT2D eigenvalue weighted by Gasteiger charge is 2.36. The van der Waals surface area contributed by atoms with Crippen LogP contribution in [0.3, 0.4) is 0 Å². The van der Waals surface area contributed by atoms with Crippen LogP contribution in [0.5, 0.6) is 0 Å². The van der Waals surface area contributed by atoms with Gasteiger partial charge in [0, 0.05) is 29.9 Å². The summed E-state index contributed by atoms with van der Waals surface area (Å²) in [4.78, 5) is 31.3. The van der Waals surface area contributed by atoms with Crippen LogP contribution in [-0.2, 0) is 11.3 Å². The van der Waals surface area contributed by atoms with Gasteiger partial charge in [0.1, 0.15) is 5.92 Å². The summed E-state index contributed by atoms with van der Waals surface area (Å²) in [6.07, 6.45) is 2.23. The molecule has 1 aliphatic rings. The van der Waals surface area contributed by atoms with E-state index >= 15 is 0 Å². The maximum absolute atomic E-state index is 13.0. The molecule has 0 saturated carbocycles. The summed E-state index contributed by atoms with van der Waals surface area (Å²) in [6.45, 7) is 7.40. The number of rotatable bonds is 10. The first-order valence-corrected chi connectivity index (χ1v) is 12.0. The molecule has 0 saturated heterocycles. The summed E-state index contributed by atoms with van der Waals surface area (Å²) in [5, 5.41) is 14.2. The summed E-state index contributed by atoms with van der Waals surface area (Å²) < 4.78 is 0. The minimum Gasteiger partial charge on any atom is -0.325 e. The fourth-order valence-corrected chi connectivity index (χ4v) is 4.51. The van der Waals surface area contributed by atoms with Crippen LogP contribution < -0.4 is 5.32 Å². The first-order chi connectivity index (χ1) is 17.0. The molecule has 3 aromatic carbocycles. The van der Waals surface area contributed by atoms with Crippen molar-refractivity contribution in [3.05, 3.63) is 99.6 Å². The van der Waals surface area contributed by atoms with Crippen molar-refractivity contribution in [3.63, 3.8) is 0 Å². The third kappa shape index (κ3) is 5.63. The predicted octanol–water partition coefficient (Wildman–Crippen LogP) is 6.07. The van der Waals surface area contributed by atoms with E-state index in [1.165, 1.54) is 17.7 Å². The van der Waals surface area contributed by atoms with Crippen molar-refractivity contribution in [2.75, 3.05) is 18.4 Å². The lowest BCUT2D eigenvalue weighted by molar-refractivity contribution is -0.384. The van der Waals surface area contributed by atoms with E-state index in [2.05, 4.69) is 36.2 Å². The smallest absolute Gasteiger partial charge is 0.269 e. The molecule has 0 aliphatic carbocycles. The van der Waals surface area contributed by atoms with E-state index in [9.17, 15) is 14.9 Å². The Labute approximate surface area is 205 Å². The van der Waals surface area contributed by atoms with Crippen molar-refractivity contribution in [3.8, 4) is 0 Å². The van der Waals surface area contributed by atoms with Gasteiger partial charge in [-0.25, -0.2) is 0 Å². The molecule has 7 nitrogen and oxygen atoms in total. The summed E-state index contributed by atoms with van der Waals surface area (Å²) in [6, 6.07) is 22.0. The number of aliphatic imine (C=N–C) groups is 1. The molecule has 3 aromatic rings. The summed E-state index contributed by atoms with van der Waals surface area (Å²) in [5.74, 6) is -0.980. The third-order valence-electron chi connectivity index (χ3n) is 6.09. The van der Waals surface area contributed by atoms with Crippen LogP contribution in [0.15, 0.2) is 77.8 Å². The van der Waals surface area contributed by atoms with Gasteiger partial charge in [0.15, 0.2) is 0 Å². The number of non-ortho nitro benzene ring substituents is 1. The zero-order valence-corrected chi connectivity index (χ0v) is 20.1. The van der Waals surface area contributed by atoms with Gasteiger partial charge < -0.3 is 5.32 Å². The van der Waals surface area contributed by atoms with Crippen LogP contribution in [-0.4, -0.2) is 34.5 Å². The van der Waals surface area contributed by atoms with Gasteiger partial charge in [0.25, 0.3) is 5.69 Å². The van der Waals surface area contributed by atoms with Gasteiger partial charge in [0.2, 0.25) is 5.91 Å². The summed E-state index contributed by atoms with van der Waals surface area (Å²) in [7, 11) is 0. The summed E-state index contributed by atoms with van der Waals surface area (Å²) >= 11 is 0. The standard InChI is InChI=1S/C28H30N4O3/c1-3-16-31(17-4-2)19-20-10-12-22(13-11-20)29-27(21-8-6-5-7-9-21)26-24-18-23(32(34)35)14-15-25(24)30-28(26)33/h5-15,18,26H,3-4,16-17,19H2,1-2H3,(H,30,33). The van der Waals surface area contributed by atoms with Crippen LogP contribution >= 0.6 is 0 Å². The molecule has 1 atom stereocenters. The van der Waals surface area contributed by atoms with E-state index in [0.29, 0.717) is 17.0 Å². The molecule has 1 unspecified atom stereocenters. The highest BCUT2D eigenvalue weighted by Crippen LogP contribution is 2.38. The van der Waals surface area contributed by atoms with E-state index in [4.69, 9.17) is 4.99 Å². The Morgan fingerprint density at radius 1 is 1.00 bits per heavy atom. The second-order valence-corrected chi connectivity index (χ2v) is 8.76. The van der Waals surface area contributed by atoms with Crippen molar-refractivity contribution >= 4 is 28.7 Å². The number of fused-ring (bicyclic) bond motifs is 1. The van der Waals surface area contributed by atoms with E-state index in [1.807, 2.05) is 42.5 Å². The SMILES string of the molecule is CCCN(CCC)Cc1ccc(N=C(c2ccccc2)C2C(=O)Nc3ccc([N+](=O)[O-])cc32)cc1. The molecule has 35 heavy (non-hydrogen) atoms. The molecule has 1 aliphatic heterocycles. The van der Waals surface area contributed by atoms with Crippen LogP contribution in [0.4, 0.5) is 17.1 Å². The molecular weight excluding hydrogens is 440 g/mol. The fraction of sp³-hybridized carbons (Fsp3) is 0.286. The van der Waals surface area contributed by atoms with Crippen molar-refractivity contribution in [2.24, 2.45) is 4.99 Å². The Hall–Kier alpha value is -3.84. The van der Waals surface area contributed by atoms with Crippen molar-refractivity contribution < 1.29 is 9.72 Å². The number of nitrogens with zero attached hydrogens (tertiary/aromatic N) is 3. The van der Waals surface area contributed by atoms with E-state index in [0.717, 1.165) is 43.7 Å². The molecule has 1 heterocycles. The van der Waals surface area contributed by atoms with E-state index in [1.54, 1.807) is 6.07 Å². The van der Waals surface area contributed by atoms with Gasteiger partial charge in [-0.15, -0.1) is 0 Å². The number of hydrogen-bond donors (Lipinski definition) is 1. The second-order valence-electron chi connectivity index (χ2n) is 8.76. The monoisotopic (exact) mass is 470 g/mol. The molecule has 0 bridgehead atoms. The molecular formula is C28H30N4O3. The Bertz CT molecular complexity index is 1220. The lowest BCUT2D eigenvalue weighted by Gasteiger charge is -2.21. The van der Waals surface area contributed by atoms with Gasteiger partial charge in [-0.2, -0.15) is 0 Å². The Morgan fingerprint density at radius 2 is 1.69 bits per heavy atom. The molecule has 0 radical (unpaired) electrons. The van der Waals surface area contributed by atoms with Crippen molar-refractivity contribution in [2.45, 2.75) is 39.2 Å². The molecule has 180 valence electrons. The average Bonchev–Trinajstić information content (AvgIpc) is 3.19.